The standard InChI is InChI=1S/C16H21N3O/c1-2-14-12-13(6-5-9-17)7-8-15(14)18-16(20)19-10-3-4-11-19/h7-8,12H,2-4,9-11,17H2,1H3,(H,18,20). The molecule has 4 nitrogen and oxygen atoms in total. The van der Waals surface area contributed by atoms with Gasteiger partial charge in [-0.25, -0.2) is 4.79 Å². The lowest BCUT2D eigenvalue weighted by atomic mass is 10.1. The van der Waals surface area contributed by atoms with Crippen LogP contribution in [0, 0.1) is 11.8 Å². The molecule has 3 N–H and O–H groups in total. The van der Waals surface area contributed by atoms with E-state index < -0.39 is 0 Å². The molecule has 1 aromatic carbocycles. The Labute approximate surface area is 120 Å². The SMILES string of the molecule is CCc1cc(C#CCN)ccc1NC(=O)N1CCCC1. The molecule has 1 heterocycles. The van der Waals surface area contributed by atoms with Crippen molar-refractivity contribution >= 4 is 11.7 Å². The van der Waals surface area contributed by atoms with Crippen molar-refractivity contribution in [2.45, 2.75) is 26.2 Å². The number of likely N-dealkylation sites (tertiary alicyclic amines) is 1. The van der Waals surface area contributed by atoms with Gasteiger partial charge in [-0.3, -0.25) is 0 Å². The molecule has 4 heteroatoms. The van der Waals surface area contributed by atoms with E-state index in [1.165, 1.54) is 0 Å². The lowest BCUT2D eigenvalue weighted by Crippen LogP contribution is -2.32. The van der Waals surface area contributed by atoms with Crippen LogP contribution in [0.15, 0.2) is 18.2 Å². The molecule has 0 unspecified atom stereocenters. The van der Waals surface area contributed by atoms with Crippen LogP contribution in [0.25, 0.3) is 0 Å². The number of hydrogen-bond acceptors (Lipinski definition) is 2. The van der Waals surface area contributed by atoms with Crippen molar-refractivity contribution in [3.63, 3.8) is 0 Å². The zero-order valence-electron chi connectivity index (χ0n) is 11.9. The molecule has 2 rings (SSSR count). The molecule has 0 aromatic heterocycles. The lowest BCUT2D eigenvalue weighted by Gasteiger charge is -2.18. The van der Waals surface area contributed by atoms with Crippen LogP contribution in [0.1, 0.15) is 30.9 Å². The number of carbonyl (C=O) groups is 1. The summed E-state index contributed by atoms with van der Waals surface area (Å²) in [6.45, 7) is 4.14. The van der Waals surface area contributed by atoms with Gasteiger partial charge < -0.3 is 16.0 Å². The van der Waals surface area contributed by atoms with E-state index in [1.807, 2.05) is 23.1 Å². The van der Waals surface area contributed by atoms with Gasteiger partial charge >= 0.3 is 6.03 Å². The summed E-state index contributed by atoms with van der Waals surface area (Å²) >= 11 is 0. The largest absolute Gasteiger partial charge is 0.325 e. The molecule has 1 aliphatic heterocycles. The highest BCUT2D eigenvalue weighted by Gasteiger charge is 2.18. The maximum atomic E-state index is 12.1. The predicted molar refractivity (Wildman–Crippen MR) is 81.6 cm³/mol. The maximum absolute atomic E-state index is 12.1. The Bertz CT molecular complexity index is 536. The number of hydrogen-bond donors (Lipinski definition) is 2. The molecule has 0 atom stereocenters. The van der Waals surface area contributed by atoms with Crippen LogP contribution in [0.4, 0.5) is 10.5 Å². The summed E-state index contributed by atoms with van der Waals surface area (Å²) in [6, 6.07) is 5.86. The van der Waals surface area contributed by atoms with Gasteiger partial charge in [-0.2, -0.15) is 0 Å². The number of rotatable bonds is 2. The fraction of sp³-hybridized carbons (Fsp3) is 0.438. The zero-order valence-corrected chi connectivity index (χ0v) is 11.9. The Morgan fingerprint density at radius 2 is 2.15 bits per heavy atom. The van der Waals surface area contributed by atoms with Gasteiger partial charge in [-0.15, -0.1) is 0 Å². The van der Waals surface area contributed by atoms with E-state index in [0.717, 1.165) is 49.2 Å². The van der Waals surface area contributed by atoms with E-state index >= 15 is 0 Å². The third kappa shape index (κ3) is 3.52. The van der Waals surface area contributed by atoms with Crippen molar-refractivity contribution in [3.05, 3.63) is 29.3 Å². The summed E-state index contributed by atoms with van der Waals surface area (Å²) in [5, 5.41) is 3.00. The normalized spacial score (nSPS) is 13.8. The second-order valence-electron chi connectivity index (χ2n) is 4.86. The molecule has 0 radical (unpaired) electrons. The topological polar surface area (TPSA) is 58.4 Å². The van der Waals surface area contributed by atoms with Gasteiger partial charge in [-0.1, -0.05) is 18.8 Å². The number of aryl methyl sites for hydroxylation is 1. The van der Waals surface area contributed by atoms with Crippen LogP contribution in [-0.4, -0.2) is 30.6 Å². The van der Waals surface area contributed by atoms with Crippen molar-refractivity contribution in [3.8, 4) is 11.8 Å². The summed E-state index contributed by atoms with van der Waals surface area (Å²) in [5.74, 6) is 5.86. The minimum Gasteiger partial charge on any atom is -0.325 e. The average Bonchev–Trinajstić information content (AvgIpc) is 3.00. The molecule has 2 amide bonds. The van der Waals surface area contributed by atoms with Crippen LogP contribution in [-0.2, 0) is 6.42 Å². The molecule has 0 saturated carbocycles. The van der Waals surface area contributed by atoms with Gasteiger partial charge in [0.15, 0.2) is 0 Å². The predicted octanol–water partition coefficient (Wildman–Crippen LogP) is 2.19. The smallest absolute Gasteiger partial charge is 0.321 e. The summed E-state index contributed by atoms with van der Waals surface area (Å²) in [7, 11) is 0. The molecule has 20 heavy (non-hydrogen) atoms. The lowest BCUT2D eigenvalue weighted by molar-refractivity contribution is 0.222. The van der Waals surface area contributed by atoms with Crippen molar-refractivity contribution in [1.29, 1.82) is 0 Å². The maximum Gasteiger partial charge on any atom is 0.321 e. The average molecular weight is 271 g/mol. The Hall–Kier alpha value is -1.99. The molecular formula is C16H21N3O. The first-order valence-electron chi connectivity index (χ1n) is 7.12. The summed E-state index contributed by atoms with van der Waals surface area (Å²) in [4.78, 5) is 14.0. The second-order valence-corrected chi connectivity index (χ2v) is 4.86. The van der Waals surface area contributed by atoms with Gasteiger partial charge in [0, 0.05) is 24.3 Å². The van der Waals surface area contributed by atoms with Gasteiger partial charge in [0.2, 0.25) is 0 Å². The van der Waals surface area contributed by atoms with Crippen molar-refractivity contribution < 1.29 is 4.79 Å². The quantitative estimate of drug-likeness (QED) is 0.810. The number of nitrogens with zero attached hydrogens (tertiary/aromatic N) is 1. The van der Waals surface area contributed by atoms with Gasteiger partial charge in [0.25, 0.3) is 0 Å². The Kier molecular flexibility index (Phi) is 5.03. The number of carbonyl (C=O) groups excluding carboxylic acids is 1. The first-order valence-corrected chi connectivity index (χ1v) is 7.12. The van der Waals surface area contributed by atoms with E-state index in [2.05, 4.69) is 24.1 Å². The van der Waals surface area contributed by atoms with Gasteiger partial charge in [0.1, 0.15) is 0 Å². The molecule has 0 aliphatic carbocycles. The first kappa shape index (κ1) is 14.4. The van der Waals surface area contributed by atoms with E-state index in [9.17, 15) is 4.79 Å². The molecule has 0 bridgehead atoms. The monoisotopic (exact) mass is 271 g/mol. The third-order valence-corrected chi connectivity index (χ3v) is 3.46. The number of benzene rings is 1. The van der Waals surface area contributed by atoms with Crippen LogP contribution >= 0.6 is 0 Å². The minimum atomic E-state index is -0.00186. The molecule has 1 fully saturated rings. The van der Waals surface area contributed by atoms with Crippen molar-refractivity contribution in [2.24, 2.45) is 5.73 Å². The molecule has 0 spiro atoms. The summed E-state index contributed by atoms with van der Waals surface area (Å²) in [5.41, 5.74) is 8.29. The van der Waals surface area contributed by atoms with E-state index in [1.54, 1.807) is 0 Å². The fourth-order valence-corrected chi connectivity index (χ4v) is 2.35. The third-order valence-electron chi connectivity index (χ3n) is 3.46. The Morgan fingerprint density at radius 3 is 2.80 bits per heavy atom. The van der Waals surface area contributed by atoms with Crippen molar-refractivity contribution in [2.75, 3.05) is 25.0 Å². The molecule has 1 aromatic rings. The van der Waals surface area contributed by atoms with Crippen LogP contribution in [0.5, 0.6) is 0 Å². The minimum absolute atomic E-state index is 0.00186. The van der Waals surface area contributed by atoms with E-state index in [0.29, 0.717) is 6.54 Å². The summed E-state index contributed by atoms with van der Waals surface area (Å²) in [6.07, 6.45) is 3.05. The highest BCUT2D eigenvalue weighted by Crippen LogP contribution is 2.19. The second kappa shape index (κ2) is 6.97. The van der Waals surface area contributed by atoms with Gasteiger partial charge in [0.05, 0.1) is 6.54 Å². The number of nitrogens with one attached hydrogen (secondary N) is 1. The van der Waals surface area contributed by atoms with Crippen LogP contribution < -0.4 is 11.1 Å². The van der Waals surface area contributed by atoms with Gasteiger partial charge in [-0.05, 0) is 43.0 Å². The molecular weight excluding hydrogens is 250 g/mol. The number of amides is 2. The number of anilines is 1. The Balaban J connectivity index is 2.12. The van der Waals surface area contributed by atoms with E-state index in [4.69, 9.17) is 5.73 Å². The molecule has 1 aliphatic rings. The fourth-order valence-electron chi connectivity index (χ4n) is 2.35. The van der Waals surface area contributed by atoms with Crippen LogP contribution in [0.2, 0.25) is 0 Å². The highest BCUT2D eigenvalue weighted by molar-refractivity contribution is 5.90. The summed E-state index contributed by atoms with van der Waals surface area (Å²) < 4.78 is 0. The highest BCUT2D eigenvalue weighted by atomic mass is 16.2. The van der Waals surface area contributed by atoms with E-state index in [-0.39, 0.29) is 6.03 Å². The number of urea groups is 1. The number of nitrogens with two attached hydrogens (primary N) is 1. The van der Waals surface area contributed by atoms with Crippen molar-refractivity contribution in [1.82, 2.24) is 4.90 Å². The molecule has 106 valence electrons. The first-order chi connectivity index (χ1) is 9.74. The van der Waals surface area contributed by atoms with Crippen LogP contribution in [0.3, 0.4) is 0 Å². The zero-order chi connectivity index (χ0) is 14.4. The molecule has 1 saturated heterocycles. The Morgan fingerprint density at radius 1 is 1.40 bits per heavy atom.